The van der Waals surface area contributed by atoms with Crippen LogP contribution in [0.25, 0.3) is 33.3 Å². The van der Waals surface area contributed by atoms with E-state index in [2.05, 4.69) is 4.98 Å². The van der Waals surface area contributed by atoms with E-state index in [0.717, 1.165) is 33.2 Å². The Morgan fingerprint density at radius 3 is 2.50 bits per heavy atom. The van der Waals surface area contributed by atoms with Crippen LogP contribution in [0.3, 0.4) is 0 Å². The first kappa shape index (κ1) is 13.5. The lowest BCUT2D eigenvalue weighted by molar-refractivity contribution is -0.660. The second kappa shape index (κ2) is 6.73. The molecule has 0 aliphatic rings. The summed E-state index contributed by atoms with van der Waals surface area (Å²) in [5.74, 6) is -2.56. The molecule has 28 heavy (non-hydrogen) atoms. The van der Waals surface area contributed by atoms with Crippen LogP contribution in [0, 0.1) is 13.8 Å². The van der Waals surface area contributed by atoms with E-state index in [4.69, 9.17) is 11.3 Å². The molecule has 4 rings (SSSR count). The molecule has 144 valence electrons. The summed E-state index contributed by atoms with van der Waals surface area (Å²) in [4.78, 5) is 4.61. The summed E-state index contributed by atoms with van der Waals surface area (Å²) in [6.45, 7) is 6.43. The van der Waals surface area contributed by atoms with Gasteiger partial charge in [-0.1, -0.05) is 39.8 Å². The summed E-state index contributed by atoms with van der Waals surface area (Å²) >= 11 is 0. The highest BCUT2D eigenvalue weighted by atomic mass is 16.3. The second-order valence-corrected chi connectivity index (χ2v) is 7.78. The van der Waals surface area contributed by atoms with Crippen molar-refractivity contribution in [3.8, 4) is 11.3 Å². The van der Waals surface area contributed by atoms with Crippen LogP contribution in [0.15, 0.2) is 40.9 Å². The van der Waals surface area contributed by atoms with Crippen LogP contribution in [-0.4, -0.2) is 4.98 Å². The lowest BCUT2D eigenvalue weighted by Gasteiger charge is -2.11. The van der Waals surface area contributed by atoms with Gasteiger partial charge in [-0.05, 0) is 48.9 Å². The van der Waals surface area contributed by atoms with E-state index in [1.807, 2.05) is 55.8 Å². The number of aromatic nitrogens is 2. The van der Waals surface area contributed by atoms with Gasteiger partial charge in [-0.25, -0.2) is 9.55 Å². The SMILES string of the molecule is [2H]C(C)(C)c1ccc2c(n1)oc1c(-c3cc(C)c(C([2H])(C)C([2H])([2H])[2H])c[n+]3C)c(C)ccc12. The lowest BCUT2D eigenvalue weighted by atomic mass is 9.95. The summed E-state index contributed by atoms with van der Waals surface area (Å²) in [5.41, 5.74) is 5.80. The number of aryl methyl sites for hydroxylation is 3. The normalized spacial score (nSPS) is 17.6. The predicted molar refractivity (Wildman–Crippen MR) is 116 cm³/mol. The smallest absolute Gasteiger partial charge is 0.227 e. The maximum atomic E-state index is 8.53. The topological polar surface area (TPSA) is 29.9 Å². The van der Waals surface area contributed by atoms with E-state index in [-0.39, 0.29) is 0 Å². The third kappa shape index (κ3) is 2.90. The van der Waals surface area contributed by atoms with Gasteiger partial charge in [0.25, 0.3) is 0 Å². The summed E-state index contributed by atoms with van der Waals surface area (Å²) in [5, 5.41) is 1.82. The summed E-state index contributed by atoms with van der Waals surface area (Å²) in [7, 11) is 1.85. The zero-order valence-corrected chi connectivity index (χ0v) is 17.3. The molecule has 0 saturated carbocycles. The quantitative estimate of drug-likeness (QED) is 0.390. The Morgan fingerprint density at radius 1 is 1.04 bits per heavy atom. The molecule has 0 N–H and O–H groups in total. The molecule has 0 aliphatic heterocycles. The first-order chi connectivity index (χ1) is 15.1. The molecule has 1 atom stereocenters. The van der Waals surface area contributed by atoms with Gasteiger partial charge in [0.2, 0.25) is 11.4 Å². The molecule has 3 aromatic heterocycles. The minimum absolute atomic E-state index is 0.465. The van der Waals surface area contributed by atoms with Crippen molar-refractivity contribution < 1.29 is 15.8 Å². The van der Waals surface area contributed by atoms with Crippen LogP contribution >= 0.6 is 0 Å². The lowest BCUT2D eigenvalue weighted by Crippen LogP contribution is -2.32. The molecule has 0 radical (unpaired) electrons. The zero-order chi connectivity index (χ0) is 24.5. The third-order valence-electron chi connectivity index (χ3n) is 5.37. The Balaban J connectivity index is 1.98. The largest absolute Gasteiger partial charge is 0.437 e. The third-order valence-corrected chi connectivity index (χ3v) is 5.37. The molecule has 3 heteroatoms. The van der Waals surface area contributed by atoms with Crippen molar-refractivity contribution in [2.75, 3.05) is 0 Å². The van der Waals surface area contributed by atoms with Crippen LogP contribution in [0.1, 0.15) is 68.6 Å². The predicted octanol–water partition coefficient (Wildman–Crippen LogP) is 6.34. The first-order valence-electron chi connectivity index (χ1n) is 12.0. The van der Waals surface area contributed by atoms with Crippen molar-refractivity contribution in [3.05, 3.63) is 58.9 Å². The average Bonchev–Trinajstić information content (AvgIpc) is 3.05. The van der Waals surface area contributed by atoms with Crippen molar-refractivity contribution in [3.63, 3.8) is 0 Å². The van der Waals surface area contributed by atoms with Gasteiger partial charge in [0, 0.05) is 34.9 Å². The molecule has 0 amide bonds. The number of pyridine rings is 2. The van der Waals surface area contributed by atoms with Gasteiger partial charge < -0.3 is 4.42 Å². The average molecular weight is 379 g/mol. The Bertz CT molecular complexity index is 1390. The molecule has 0 spiro atoms. The molecular weight excluding hydrogens is 344 g/mol. The monoisotopic (exact) mass is 378 g/mol. The Kier molecular flexibility index (Phi) is 3.24. The molecule has 4 aromatic rings. The highest BCUT2D eigenvalue weighted by Gasteiger charge is 2.23. The fourth-order valence-electron chi connectivity index (χ4n) is 3.81. The van der Waals surface area contributed by atoms with Gasteiger partial charge in [0.15, 0.2) is 11.8 Å². The highest BCUT2D eigenvalue weighted by Crippen LogP contribution is 2.37. The molecule has 0 fully saturated rings. The van der Waals surface area contributed by atoms with E-state index >= 15 is 0 Å². The zero-order valence-electron chi connectivity index (χ0n) is 22.3. The van der Waals surface area contributed by atoms with E-state index in [1.165, 1.54) is 6.92 Å². The summed E-state index contributed by atoms with van der Waals surface area (Å²) in [6, 6.07) is 9.80. The van der Waals surface area contributed by atoms with Gasteiger partial charge in [-0.2, -0.15) is 0 Å². The van der Waals surface area contributed by atoms with E-state index in [0.29, 0.717) is 22.6 Å². The van der Waals surface area contributed by atoms with Crippen molar-refractivity contribution >= 4 is 22.1 Å². The standard InChI is InChI=1S/C25H29N2O/c1-14(2)20-13-27(7)22(12-17(20)6)23-16(5)8-9-18-19-10-11-21(15(3)4)26-25(19)28-24(18)23/h8-15H,1-7H3/q+1/i1D3,14D,15D. The molecule has 3 heterocycles. The maximum absolute atomic E-state index is 8.53. The molecule has 0 aliphatic carbocycles. The van der Waals surface area contributed by atoms with Crippen molar-refractivity contribution in [2.24, 2.45) is 7.05 Å². The van der Waals surface area contributed by atoms with E-state index in [9.17, 15) is 0 Å². The first-order valence-corrected chi connectivity index (χ1v) is 9.47. The van der Waals surface area contributed by atoms with Crippen LogP contribution < -0.4 is 4.57 Å². The van der Waals surface area contributed by atoms with E-state index in [1.54, 1.807) is 20.0 Å². The number of fused-ring (bicyclic) bond motifs is 3. The fourth-order valence-corrected chi connectivity index (χ4v) is 3.81. The van der Waals surface area contributed by atoms with Gasteiger partial charge in [0.05, 0.1) is 5.56 Å². The molecule has 1 unspecified atom stereocenters. The van der Waals surface area contributed by atoms with Crippen molar-refractivity contribution in [1.82, 2.24) is 4.98 Å². The summed E-state index contributed by atoms with van der Waals surface area (Å²) in [6.07, 6.45) is 1.74. The van der Waals surface area contributed by atoms with Crippen molar-refractivity contribution in [2.45, 2.75) is 53.3 Å². The Hall–Kier alpha value is -2.68. The Labute approximate surface area is 174 Å². The van der Waals surface area contributed by atoms with Crippen LogP contribution in [0.5, 0.6) is 0 Å². The van der Waals surface area contributed by atoms with Gasteiger partial charge >= 0.3 is 0 Å². The van der Waals surface area contributed by atoms with Gasteiger partial charge in [-0.3, -0.25) is 0 Å². The second-order valence-electron chi connectivity index (χ2n) is 7.78. The summed E-state index contributed by atoms with van der Waals surface area (Å²) < 4.78 is 48.4. The Morgan fingerprint density at radius 2 is 1.79 bits per heavy atom. The van der Waals surface area contributed by atoms with Crippen molar-refractivity contribution in [1.29, 1.82) is 0 Å². The molecule has 1 aromatic carbocycles. The molecule has 3 nitrogen and oxygen atoms in total. The molecule has 0 bridgehead atoms. The van der Waals surface area contributed by atoms with Gasteiger partial charge in [-0.15, -0.1) is 0 Å². The number of nitrogens with zero attached hydrogens (tertiary/aromatic N) is 2. The van der Waals surface area contributed by atoms with Gasteiger partial charge in [0.1, 0.15) is 7.05 Å². The number of hydrogen-bond acceptors (Lipinski definition) is 2. The number of furan rings is 1. The minimum Gasteiger partial charge on any atom is -0.437 e. The molecular formula is C25H29N2O+. The van der Waals surface area contributed by atoms with Crippen LogP contribution in [-0.2, 0) is 7.05 Å². The number of hydrogen-bond donors (Lipinski definition) is 0. The van der Waals surface area contributed by atoms with Crippen LogP contribution in [0.4, 0.5) is 0 Å². The maximum Gasteiger partial charge on any atom is 0.227 e. The van der Waals surface area contributed by atoms with E-state index < -0.39 is 18.6 Å². The number of rotatable bonds is 3. The fraction of sp³-hybridized carbons (Fsp3) is 0.360. The minimum atomic E-state index is -2.45. The number of benzene rings is 1. The van der Waals surface area contributed by atoms with Crippen LogP contribution in [0.2, 0.25) is 0 Å². The highest BCUT2D eigenvalue weighted by molar-refractivity contribution is 6.08. The molecule has 0 saturated heterocycles.